The van der Waals surface area contributed by atoms with Crippen LogP contribution in [0.4, 0.5) is 4.39 Å². The lowest BCUT2D eigenvalue weighted by molar-refractivity contribution is 0.0697. The summed E-state index contributed by atoms with van der Waals surface area (Å²) in [6, 6.07) is 12.1. The average Bonchev–Trinajstić information content (AvgIpc) is 2.86. The van der Waals surface area contributed by atoms with Gasteiger partial charge in [-0.1, -0.05) is 18.2 Å². The van der Waals surface area contributed by atoms with E-state index in [0.29, 0.717) is 18.7 Å². The number of nitrogens with one attached hydrogen (secondary N) is 1. The number of carboxylic acid groups (broad SMARTS) is 1. The molecule has 4 nitrogen and oxygen atoms in total. The number of benzene rings is 2. The molecule has 0 saturated heterocycles. The zero-order valence-electron chi connectivity index (χ0n) is 12.3. The summed E-state index contributed by atoms with van der Waals surface area (Å²) in [5.41, 5.74) is 3.36. The van der Waals surface area contributed by atoms with Crippen LogP contribution in [0.3, 0.4) is 0 Å². The molecule has 0 saturated carbocycles. The monoisotopic (exact) mass is 310 g/mol. The first-order chi connectivity index (χ1) is 11.1. The van der Waals surface area contributed by atoms with Crippen LogP contribution in [0.5, 0.6) is 0 Å². The van der Waals surface area contributed by atoms with Crippen LogP contribution in [0.1, 0.15) is 15.9 Å². The summed E-state index contributed by atoms with van der Waals surface area (Å²) in [7, 11) is 0. The summed E-state index contributed by atoms with van der Waals surface area (Å²) in [5, 5.41) is 13.4. The minimum atomic E-state index is -0.960. The van der Waals surface area contributed by atoms with Gasteiger partial charge in [0.05, 0.1) is 11.3 Å². The third-order valence-electron chi connectivity index (χ3n) is 4.33. The molecule has 3 aromatic rings. The van der Waals surface area contributed by atoms with Crippen molar-refractivity contribution in [2.75, 3.05) is 6.54 Å². The van der Waals surface area contributed by atoms with Crippen molar-refractivity contribution in [2.24, 2.45) is 0 Å². The highest BCUT2D eigenvalue weighted by atomic mass is 19.1. The molecule has 0 bridgehead atoms. The molecule has 0 spiro atoms. The van der Waals surface area contributed by atoms with E-state index < -0.39 is 5.97 Å². The summed E-state index contributed by atoms with van der Waals surface area (Å²) in [5.74, 6) is -1.22. The number of hydrogen-bond donors (Lipinski definition) is 2. The molecule has 4 rings (SSSR count). The summed E-state index contributed by atoms with van der Waals surface area (Å²) in [6.45, 7) is 2.02. The molecule has 0 unspecified atom stereocenters. The summed E-state index contributed by atoms with van der Waals surface area (Å²) in [6.07, 6.45) is 0. The molecule has 0 fully saturated rings. The number of nitrogens with zero attached hydrogens (tertiary/aromatic N) is 1. The number of rotatable bonds is 1. The average molecular weight is 310 g/mol. The van der Waals surface area contributed by atoms with Crippen molar-refractivity contribution < 1.29 is 14.3 Å². The van der Waals surface area contributed by atoms with E-state index in [-0.39, 0.29) is 11.4 Å². The van der Waals surface area contributed by atoms with Gasteiger partial charge in [-0.05, 0) is 29.8 Å². The fourth-order valence-electron chi connectivity index (χ4n) is 3.25. The highest BCUT2D eigenvalue weighted by Crippen LogP contribution is 2.33. The van der Waals surface area contributed by atoms with Crippen molar-refractivity contribution in [1.29, 1.82) is 0 Å². The quantitative estimate of drug-likeness (QED) is 0.725. The zero-order chi connectivity index (χ0) is 16.0. The van der Waals surface area contributed by atoms with Crippen molar-refractivity contribution in [1.82, 2.24) is 9.88 Å². The minimum absolute atomic E-state index is 0.238. The van der Waals surface area contributed by atoms with E-state index in [0.717, 1.165) is 28.7 Å². The van der Waals surface area contributed by atoms with E-state index in [2.05, 4.69) is 5.32 Å². The number of aromatic carboxylic acids is 1. The summed E-state index contributed by atoms with van der Waals surface area (Å²) in [4.78, 5) is 11.2. The van der Waals surface area contributed by atoms with Gasteiger partial charge in [-0.3, -0.25) is 0 Å². The van der Waals surface area contributed by atoms with E-state index in [4.69, 9.17) is 0 Å². The Morgan fingerprint density at radius 2 is 2.09 bits per heavy atom. The molecule has 1 aliphatic heterocycles. The van der Waals surface area contributed by atoms with Crippen LogP contribution in [0.15, 0.2) is 42.5 Å². The summed E-state index contributed by atoms with van der Waals surface area (Å²) < 4.78 is 16.5. The highest BCUT2D eigenvalue weighted by Gasteiger charge is 2.19. The van der Waals surface area contributed by atoms with Gasteiger partial charge in [0, 0.05) is 36.1 Å². The Morgan fingerprint density at radius 1 is 1.22 bits per heavy atom. The maximum Gasteiger partial charge on any atom is 0.335 e. The maximum absolute atomic E-state index is 14.5. The number of halogens is 1. The molecule has 1 aliphatic rings. The minimum Gasteiger partial charge on any atom is -0.478 e. The van der Waals surface area contributed by atoms with E-state index >= 15 is 0 Å². The van der Waals surface area contributed by atoms with Gasteiger partial charge >= 0.3 is 5.97 Å². The predicted octanol–water partition coefficient (Wildman–Crippen LogP) is 3.25. The molecule has 5 heteroatoms. The van der Waals surface area contributed by atoms with Crippen molar-refractivity contribution in [3.63, 3.8) is 0 Å². The number of aromatic nitrogens is 1. The van der Waals surface area contributed by atoms with Gasteiger partial charge in [0.2, 0.25) is 0 Å². The van der Waals surface area contributed by atoms with Crippen LogP contribution in [-0.2, 0) is 13.1 Å². The van der Waals surface area contributed by atoms with Gasteiger partial charge in [0.25, 0.3) is 0 Å². The van der Waals surface area contributed by atoms with Crippen LogP contribution in [0.2, 0.25) is 0 Å². The topological polar surface area (TPSA) is 54.3 Å². The first kappa shape index (κ1) is 14.0. The van der Waals surface area contributed by atoms with Crippen molar-refractivity contribution in [2.45, 2.75) is 13.1 Å². The first-order valence-corrected chi connectivity index (χ1v) is 7.50. The fourth-order valence-corrected chi connectivity index (χ4v) is 3.25. The third-order valence-corrected chi connectivity index (χ3v) is 4.33. The van der Waals surface area contributed by atoms with Gasteiger partial charge in [0.1, 0.15) is 5.82 Å². The van der Waals surface area contributed by atoms with Gasteiger partial charge in [-0.2, -0.15) is 0 Å². The van der Waals surface area contributed by atoms with E-state index in [9.17, 15) is 14.3 Å². The highest BCUT2D eigenvalue weighted by molar-refractivity contribution is 5.95. The Morgan fingerprint density at radius 3 is 2.91 bits per heavy atom. The summed E-state index contributed by atoms with van der Waals surface area (Å²) >= 11 is 0. The van der Waals surface area contributed by atoms with E-state index in [1.807, 2.05) is 16.7 Å². The Hall–Kier alpha value is -2.66. The molecule has 0 amide bonds. The molecule has 0 aliphatic carbocycles. The first-order valence-electron chi connectivity index (χ1n) is 7.50. The molecule has 116 valence electrons. The van der Waals surface area contributed by atoms with Gasteiger partial charge in [-0.15, -0.1) is 0 Å². The molecule has 23 heavy (non-hydrogen) atoms. The molecule has 2 aromatic carbocycles. The van der Waals surface area contributed by atoms with Gasteiger partial charge in [-0.25, -0.2) is 9.18 Å². The molecular formula is C18H15FN2O2. The van der Waals surface area contributed by atoms with Crippen LogP contribution < -0.4 is 5.32 Å². The van der Waals surface area contributed by atoms with E-state index in [1.54, 1.807) is 24.3 Å². The van der Waals surface area contributed by atoms with Crippen LogP contribution >= 0.6 is 0 Å². The smallest absolute Gasteiger partial charge is 0.335 e. The Bertz CT molecular complexity index is 930. The second-order valence-corrected chi connectivity index (χ2v) is 5.71. The molecule has 0 radical (unpaired) electrons. The predicted molar refractivity (Wildman–Crippen MR) is 86.0 cm³/mol. The normalized spacial score (nSPS) is 14.0. The largest absolute Gasteiger partial charge is 0.478 e. The third kappa shape index (κ3) is 2.21. The zero-order valence-corrected chi connectivity index (χ0v) is 12.3. The van der Waals surface area contributed by atoms with Gasteiger partial charge in [0.15, 0.2) is 0 Å². The Balaban J connectivity index is 2.04. The standard InChI is InChI=1S/C18H15FN2O2/c19-14-3-1-2-13-10-20-6-7-21-15-9-12(18(22)23)5-4-11(15)8-16(21)17(13)14/h1-5,8-9,20H,6-7,10H2,(H,22,23). The Kier molecular flexibility index (Phi) is 3.16. The van der Waals surface area contributed by atoms with Crippen molar-refractivity contribution >= 4 is 16.9 Å². The molecule has 2 heterocycles. The van der Waals surface area contributed by atoms with E-state index in [1.165, 1.54) is 6.07 Å². The second kappa shape index (κ2) is 5.21. The lowest BCUT2D eigenvalue weighted by Gasteiger charge is -2.19. The second-order valence-electron chi connectivity index (χ2n) is 5.71. The van der Waals surface area contributed by atoms with Crippen molar-refractivity contribution in [3.8, 4) is 11.3 Å². The number of fused-ring (bicyclic) bond motifs is 5. The molecular weight excluding hydrogens is 295 g/mol. The van der Waals surface area contributed by atoms with Gasteiger partial charge < -0.3 is 15.0 Å². The fraction of sp³-hybridized carbons (Fsp3) is 0.167. The lowest BCUT2D eigenvalue weighted by Crippen LogP contribution is -2.23. The molecule has 2 N–H and O–H groups in total. The number of carbonyl (C=O) groups is 1. The molecule has 0 atom stereocenters. The number of hydrogen-bond acceptors (Lipinski definition) is 2. The lowest BCUT2D eigenvalue weighted by atomic mass is 10.0. The SMILES string of the molecule is O=C(O)c1ccc2cc3n(c2c1)CCNCc1cccc(F)c1-3. The van der Waals surface area contributed by atoms with Crippen LogP contribution in [0.25, 0.3) is 22.2 Å². The van der Waals surface area contributed by atoms with Crippen LogP contribution in [-0.4, -0.2) is 22.2 Å². The Labute approximate surface area is 132 Å². The molecule has 1 aromatic heterocycles. The number of carboxylic acids is 1. The van der Waals surface area contributed by atoms with Crippen LogP contribution in [0, 0.1) is 5.82 Å². The maximum atomic E-state index is 14.5. The van der Waals surface area contributed by atoms with Crippen molar-refractivity contribution in [3.05, 3.63) is 59.4 Å².